The molecule has 0 bridgehead atoms. The number of amides is 2. The van der Waals surface area contributed by atoms with Crippen molar-refractivity contribution in [3.8, 4) is 11.5 Å². The predicted octanol–water partition coefficient (Wildman–Crippen LogP) is 2.11. The van der Waals surface area contributed by atoms with Crippen LogP contribution in [0.3, 0.4) is 0 Å². The van der Waals surface area contributed by atoms with Gasteiger partial charge in [-0.25, -0.2) is 4.79 Å². The summed E-state index contributed by atoms with van der Waals surface area (Å²) in [5.41, 5.74) is -0.392. The minimum absolute atomic E-state index is 0.123. The molecule has 8 heteroatoms. The molecule has 2 aromatic carbocycles. The Labute approximate surface area is 166 Å². The number of anilines is 2. The van der Waals surface area contributed by atoms with E-state index in [9.17, 15) is 14.4 Å². The highest BCUT2D eigenvalue weighted by Gasteiger charge is 2.62. The quantitative estimate of drug-likeness (QED) is 0.726. The van der Waals surface area contributed by atoms with Crippen molar-refractivity contribution in [3.05, 3.63) is 48.0 Å². The van der Waals surface area contributed by atoms with Crippen LogP contribution in [0, 0.1) is 0 Å². The third kappa shape index (κ3) is 2.28. The second kappa shape index (κ2) is 6.23. The first kappa shape index (κ1) is 17.5. The van der Waals surface area contributed by atoms with Gasteiger partial charge in [0.25, 0.3) is 5.91 Å². The van der Waals surface area contributed by atoms with Crippen LogP contribution in [-0.2, 0) is 14.3 Å². The zero-order valence-corrected chi connectivity index (χ0v) is 15.7. The number of methoxy groups -OCH3 is 1. The molecule has 3 aliphatic rings. The number of benzene rings is 2. The van der Waals surface area contributed by atoms with E-state index in [1.54, 1.807) is 42.5 Å². The normalized spacial score (nSPS) is 22.2. The lowest BCUT2D eigenvalue weighted by molar-refractivity contribution is -0.147. The molecule has 148 valence electrons. The molecule has 0 N–H and O–H groups in total. The molecule has 29 heavy (non-hydrogen) atoms. The summed E-state index contributed by atoms with van der Waals surface area (Å²) in [6.45, 7) is 0.830. The van der Waals surface area contributed by atoms with Crippen molar-refractivity contribution < 1.29 is 28.6 Å². The summed E-state index contributed by atoms with van der Waals surface area (Å²) in [5.74, 6) is -0.236. The second-order valence-corrected chi connectivity index (χ2v) is 7.02. The van der Waals surface area contributed by atoms with E-state index in [4.69, 9.17) is 14.2 Å². The second-order valence-electron chi connectivity index (χ2n) is 7.02. The Morgan fingerprint density at radius 2 is 1.79 bits per heavy atom. The maximum Gasteiger partial charge on any atom is 0.353 e. The first-order valence-electron chi connectivity index (χ1n) is 9.32. The number of hydrogen-bond acceptors (Lipinski definition) is 6. The Morgan fingerprint density at radius 3 is 2.59 bits per heavy atom. The minimum atomic E-state index is -1.58. The number of para-hydroxylation sites is 1. The molecule has 0 saturated carbocycles. The molecule has 0 spiro atoms. The van der Waals surface area contributed by atoms with Gasteiger partial charge in [-0.2, -0.15) is 0 Å². The van der Waals surface area contributed by atoms with Gasteiger partial charge in [0.2, 0.25) is 11.6 Å². The van der Waals surface area contributed by atoms with E-state index in [1.165, 1.54) is 16.9 Å². The molecule has 1 atom stereocenters. The van der Waals surface area contributed by atoms with E-state index in [1.807, 2.05) is 0 Å². The van der Waals surface area contributed by atoms with Crippen molar-refractivity contribution in [2.45, 2.75) is 18.5 Å². The van der Waals surface area contributed by atoms with E-state index in [0.29, 0.717) is 41.7 Å². The van der Waals surface area contributed by atoms with Crippen LogP contribution in [-0.4, -0.2) is 43.8 Å². The summed E-state index contributed by atoms with van der Waals surface area (Å²) in [7, 11) is 1.25. The maximum absolute atomic E-state index is 13.6. The van der Waals surface area contributed by atoms with Crippen LogP contribution >= 0.6 is 0 Å². The maximum atomic E-state index is 13.6. The average molecular weight is 394 g/mol. The van der Waals surface area contributed by atoms with Crippen LogP contribution in [0.5, 0.6) is 11.5 Å². The molecule has 5 rings (SSSR count). The SMILES string of the molecule is COC(=O)[C@@]12CCC(=O)N1c1ccccc1C(=O)N2c1ccc2c(c1)OCCO2. The van der Waals surface area contributed by atoms with Crippen LogP contribution in [0.25, 0.3) is 0 Å². The van der Waals surface area contributed by atoms with Gasteiger partial charge in [0.05, 0.1) is 24.0 Å². The van der Waals surface area contributed by atoms with Crippen LogP contribution in [0.4, 0.5) is 11.4 Å². The number of ether oxygens (including phenoxy) is 3. The van der Waals surface area contributed by atoms with Gasteiger partial charge < -0.3 is 14.2 Å². The predicted molar refractivity (Wildman–Crippen MR) is 102 cm³/mol. The Kier molecular flexibility index (Phi) is 3.77. The summed E-state index contributed by atoms with van der Waals surface area (Å²) < 4.78 is 16.3. The van der Waals surface area contributed by atoms with Crippen molar-refractivity contribution in [2.75, 3.05) is 30.1 Å². The standard InChI is InChI=1S/C21H18N2O6/c1-27-20(26)21-9-8-18(24)23(21)15-5-3-2-4-14(15)19(25)22(21)13-6-7-16-17(12-13)29-11-10-28-16/h2-7,12H,8-11H2,1H3/t21-/m1/s1. The summed E-state index contributed by atoms with van der Waals surface area (Å²) in [6.07, 6.45) is 0.255. The molecule has 0 unspecified atom stereocenters. The molecule has 1 fully saturated rings. The third-order valence-corrected chi connectivity index (χ3v) is 5.55. The highest BCUT2D eigenvalue weighted by Crippen LogP contribution is 2.48. The van der Waals surface area contributed by atoms with Crippen molar-refractivity contribution in [3.63, 3.8) is 0 Å². The van der Waals surface area contributed by atoms with Crippen molar-refractivity contribution in [1.29, 1.82) is 0 Å². The van der Waals surface area contributed by atoms with Crippen molar-refractivity contribution in [2.24, 2.45) is 0 Å². The molecule has 2 aromatic rings. The number of rotatable bonds is 2. The van der Waals surface area contributed by atoms with Crippen molar-refractivity contribution >= 4 is 29.2 Å². The largest absolute Gasteiger partial charge is 0.486 e. The summed E-state index contributed by atoms with van der Waals surface area (Å²) in [5, 5.41) is 0. The van der Waals surface area contributed by atoms with Gasteiger partial charge in [0.15, 0.2) is 11.5 Å². The fourth-order valence-corrected chi connectivity index (χ4v) is 4.34. The van der Waals surface area contributed by atoms with Gasteiger partial charge >= 0.3 is 5.97 Å². The van der Waals surface area contributed by atoms with Crippen molar-refractivity contribution in [1.82, 2.24) is 0 Å². The third-order valence-electron chi connectivity index (χ3n) is 5.55. The molecule has 0 aromatic heterocycles. The fourth-order valence-electron chi connectivity index (χ4n) is 4.34. The van der Waals surface area contributed by atoms with E-state index >= 15 is 0 Å². The van der Waals surface area contributed by atoms with Crippen LogP contribution in [0.2, 0.25) is 0 Å². The summed E-state index contributed by atoms with van der Waals surface area (Å²) in [4.78, 5) is 42.2. The van der Waals surface area contributed by atoms with Gasteiger partial charge in [-0.3, -0.25) is 19.4 Å². The average Bonchev–Trinajstić information content (AvgIpc) is 3.11. The monoisotopic (exact) mass is 394 g/mol. The lowest BCUT2D eigenvalue weighted by Gasteiger charge is -2.48. The zero-order valence-electron chi connectivity index (χ0n) is 15.7. The number of hydrogen-bond donors (Lipinski definition) is 0. The Bertz CT molecular complexity index is 1050. The lowest BCUT2D eigenvalue weighted by atomic mass is 9.95. The molecule has 3 heterocycles. The van der Waals surface area contributed by atoms with Crippen LogP contribution < -0.4 is 19.3 Å². The summed E-state index contributed by atoms with van der Waals surface area (Å²) >= 11 is 0. The van der Waals surface area contributed by atoms with Gasteiger partial charge in [0, 0.05) is 18.9 Å². The lowest BCUT2D eigenvalue weighted by Crippen LogP contribution is -2.68. The smallest absolute Gasteiger partial charge is 0.353 e. The number of carbonyl (C=O) groups is 3. The van der Waals surface area contributed by atoms with E-state index in [2.05, 4.69) is 0 Å². The number of nitrogens with zero attached hydrogens (tertiary/aromatic N) is 2. The highest BCUT2D eigenvalue weighted by atomic mass is 16.6. The molecule has 1 saturated heterocycles. The Morgan fingerprint density at radius 1 is 1.03 bits per heavy atom. The minimum Gasteiger partial charge on any atom is -0.486 e. The summed E-state index contributed by atoms with van der Waals surface area (Å²) in [6, 6.07) is 11.8. The number of esters is 1. The Balaban J connectivity index is 1.76. The number of fused-ring (bicyclic) bond motifs is 4. The van der Waals surface area contributed by atoms with Gasteiger partial charge in [-0.05, 0) is 24.3 Å². The Hall–Kier alpha value is -3.55. The van der Waals surface area contributed by atoms with E-state index in [0.717, 1.165) is 0 Å². The highest BCUT2D eigenvalue weighted by molar-refractivity contribution is 6.23. The van der Waals surface area contributed by atoms with Gasteiger partial charge in [-0.15, -0.1) is 0 Å². The van der Waals surface area contributed by atoms with Crippen LogP contribution in [0.1, 0.15) is 23.2 Å². The first-order chi connectivity index (χ1) is 14.1. The number of carbonyl (C=O) groups excluding carboxylic acids is 3. The molecular formula is C21H18N2O6. The van der Waals surface area contributed by atoms with Gasteiger partial charge in [-0.1, -0.05) is 12.1 Å². The van der Waals surface area contributed by atoms with E-state index in [-0.39, 0.29) is 24.7 Å². The van der Waals surface area contributed by atoms with E-state index < -0.39 is 11.6 Å². The topological polar surface area (TPSA) is 85.4 Å². The fraction of sp³-hybridized carbons (Fsp3) is 0.286. The molecule has 0 radical (unpaired) electrons. The molecular weight excluding hydrogens is 376 g/mol. The molecule has 8 nitrogen and oxygen atoms in total. The zero-order chi connectivity index (χ0) is 20.2. The molecule has 0 aliphatic carbocycles. The van der Waals surface area contributed by atoms with Gasteiger partial charge in [0.1, 0.15) is 13.2 Å². The molecule has 2 amide bonds. The first-order valence-corrected chi connectivity index (χ1v) is 9.32. The molecule has 3 aliphatic heterocycles. The van der Waals surface area contributed by atoms with Crippen LogP contribution in [0.15, 0.2) is 42.5 Å².